The molecule has 0 aliphatic carbocycles. The van der Waals surface area contributed by atoms with Crippen LogP contribution in [0.5, 0.6) is 0 Å². The Morgan fingerprint density at radius 2 is 1.60 bits per heavy atom. The maximum Gasteiger partial charge on any atom is 0.144 e. The molecule has 0 atom stereocenters. The lowest BCUT2D eigenvalue weighted by atomic mass is 9.91. The van der Waals surface area contributed by atoms with Gasteiger partial charge in [-0.15, -0.1) is 0 Å². The van der Waals surface area contributed by atoms with Gasteiger partial charge in [-0.2, -0.15) is 10.5 Å². The molecule has 5 heteroatoms. The molecule has 1 heterocycles. The van der Waals surface area contributed by atoms with E-state index in [1.54, 1.807) is 0 Å². The van der Waals surface area contributed by atoms with E-state index in [4.69, 9.17) is 11.5 Å². The summed E-state index contributed by atoms with van der Waals surface area (Å²) in [4.78, 5) is 3.87. The molecule has 20 heavy (non-hydrogen) atoms. The molecular weight excluding hydrogens is 250 g/mol. The summed E-state index contributed by atoms with van der Waals surface area (Å²) in [6.07, 6.45) is 0.772. The molecule has 0 amide bonds. The lowest BCUT2D eigenvalue weighted by Gasteiger charge is -2.13. The molecule has 1 aromatic carbocycles. The van der Waals surface area contributed by atoms with Gasteiger partial charge >= 0.3 is 0 Å². The van der Waals surface area contributed by atoms with E-state index in [9.17, 15) is 10.5 Å². The van der Waals surface area contributed by atoms with Gasteiger partial charge in [0.15, 0.2) is 0 Å². The fourth-order valence-corrected chi connectivity index (χ4v) is 2.19. The highest BCUT2D eigenvalue weighted by atomic mass is 14.9. The third kappa shape index (κ3) is 2.02. The van der Waals surface area contributed by atoms with Crippen molar-refractivity contribution in [1.29, 1.82) is 10.5 Å². The normalized spacial score (nSPS) is 9.75. The topological polar surface area (TPSA) is 113 Å². The second-order valence-corrected chi connectivity index (χ2v) is 4.24. The number of benzene rings is 1. The largest absolute Gasteiger partial charge is 0.383 e. The molecule has 2 rings (SSSR count). The summed E-state index contributed by atoms with van der Waals surface area (Å²) < 4.78 is 0. The van der Waals surface area contributed by atoms with Crippen molar-refractivity contribution in [3.63, 3.8) is 0 Å². The first-order chi connectivity index (χ1) is 9.63. The van der Waals surface area contributed by atoms with E-state index in [-0.39, 0.29) is 22.8 Å². The van der Waals surface area contributed by atoms with E-state index in [0.717, 1.165) is 17.5 Å². The minimum absolute atomic E-state index is 0.0462. The Morgan fingerprint density at radius 1 is 1.05 bits per heavy atom. The van der Waals surface area contributed by atoms with E-state index in [2.05, 4.69) is 4.98 Å². The van der Waals surface area contributed by atoms with Gasteiger partial charge in [0, 0.05) is 5.56 Å². The maximum atomic E-state index is 9.31. The molecule has 4 N–H and O–H groups in total. The van der Waals surface area contributed by atoms with Crippen molar-refractivity contribution in [3.05, 3.63) is 41.0 Å². The van der Waals surface area contributed by atoms with Gasteiger partial charge in [-0.25, -0.2) is 4.98 Å². The van der Waals surface area contributed by atoms with Crippen LogP contribution in [0.1, 0.15) is 23.6 Å². The summed E-state index contributed by atoms with van der Waals surface area (Å²) in [6, 6.07) is 11.6. The van der Waals surface area contributed by atoms with Crippen molar-refractivity contribution < 1.29 is 0 Å². The molecule has 0 aliphatic rings. The highest BCUT2D eigenvalue weighted by molar-refractivity contribution is 5.85. The van der Waals surface area contributed by atoms with Gasteiger partial charge in [0.25, 0.3) is 0 Å². The number of aromatic nitrogens is 1. The van der Waals surface area contributed by atoms with Gasteiger partial charge in [-0.3, -0.25) is 0 Å². The van der Waals surface area contributed by atoms with Crippen LogP contribution in [0.15, 0.2) is 24.3 Å². The van der Waals surface area contributed by atoms with Crippen LogP contribution in [0.4, 0.5) is 11.6 Å². The molecule has 0 fully saturated rings. The fourth-order valence-electron chi connectivity index (χ4n) is 2.19. The Hall–Kier alpha value is -3.05. The molecule has 0 bridgehead atoms. The van der Waals surface area contributed by atoms with Gasteiger partial charge in [-0.05, 0) is 17.5 Å². The Labute approximate surface area is 117 Å². The van der Waals surface area contributed by atoms with Gasteiger partial charge in [0.05, 0.1) is 0 Å². The fraction of sp³-hybridized carbons (Fsp3) is 0.133. The number of nitrogen functional groups attached to an aromatic ring is 2. The molecule has 5 nitrogen and oxygen atoms in total. The van der Waals surface area contributed by atoms with E-state index in [0.29, 0.717) is 5.56 Å². The Morgan fingerprint density at radius 3 is 2.10 bits per heavy atom. The summed E-state index contributed by atoms with van der Waals surface area (Å²) in [5, 5.41) is 18.6. The second-order valence-electron chi connectivity index (χ2n) is 4.24. The third-order valence-electron chi connectivity index (χ3n) is 3.14. The summed E-state index contributed by atoms with van der Waals surface area (Å²) in [6.45, 7) is 2.00. The summed E-state index contributed by atoms with van der Waals surface area (Å²) in [5.41, 5.74) is 14.2. The van der Waals surface area contributed by atoms with E-state index in [1.807, 2.05) is 43.3 Å². The molecule has 0 aliphatic heterocycles. The molecule has 2 aromatic rings. The summed E-state index contributed by atoms with van der Waals surface area (Å²) >= 11 is 0. The predicted molar refractivity (Wildman–Crippen MR) is 77.3 cm³/mol. The van der Waals surface area contributed by atoms with Crippen LogP contribution in [0.2, 0.25) is 0 Å². The van der Waals surface area contributed by atoms with Gasteiger partial charge < -0.3 is 11.5 Å². The molecule has 0 spiro atoms. The van der Waals surface area contributed by atoms with Crippen LogP contribution in [0, 0.1) is 22.7 Å². The molecule has 0 saturated carbocycles. The highest BCUT2D eigenvalue weighted by Crippen LogP contribution is 2.34. The van der Waals surface area contributed by atoms with Crippen LogP contribution in [0.3, 0.4) is 0 Å². The predicted octanol–water partition coefficient (Wildman–Crippen LogP) is 2.22. The first-order valence-electron chi connectivity index (χ1n) is 6.11. The number of pyridine rings is 1. The standard InChI is InChI=1S/C15H13N5/c1-2-9-5-3-4-6-10(9)13-11(7-16)14(18)20-15(19)12(13)8-17/h3-6H,2H2,1H3,(H4,18,19,20). The molecule has 0 radical (unpaired) electrons. The monoisotopic (exact) mass is 263 g/mol. The van der Waals surface area contributed by atoms with Crippen LogP contribution < -0.4 is 11.5 Å². The molecule has 1 aromatic heterocycles. The van der Waals surface area contributed by atoms with Crippen molar-refractivity contribution in [1.82, 2.24) is 4.98 Å². The number of hydrogen-bond donors (Lipinski definition) is 2. The van der Waals surface area contributed by atoms with Crippen LogP contribution in [0.25, 0.3) is 11.1 Å². The van der Waals surface area contributed by atoms with Crippen molar-refractivity contribution in [2.75, 3.05) is 11.5 Å². The van der Waals surface area contributed by atoms with E-state index < -0.39 is 0 Å². The van der Waals surface area contributed by atoms with E-state index in [1.165, 1.54) is 0 Å². The van der Waals surface area contributed by atoms with Crippen LogP contribution in [-0.4, -0.2) is 4.98 Å². The lowest BCUT2D eigenvalue weighted by molar-refractivity contribution is 1.14. The zero-order valence-corrected chi connectivity index (χ0v) is 11.0. The minimum atomic E-state index is 0.0462. The Balaban J connectivity index is 2.93. The van der Waals surface area contributed by atoms with Gasteiger partial charge in [-0.1, -0.05) is 31.2 Å². The first-order valence-corrected chi connectivity index (χ1v) is 6.11. The van der Waals surface area contributed by atoms with Crippen LogP contribution >= 0.6 is 0 Å². The summed E-state index contributed by atoms with van der Waals surface area (Å²) in [5.74, 6) is 0.0924. The Bertz CT molecular complexity index is 712. The first kappa shape index (κ1) is 13.4. The number of anilines is 2. The quantitative estimate of drug-likeness (QED) is 0.862. The van der Waals surface area contributed by atoms with Gasteiger partial charge in [0.2, 0.25) is 0 Å². The number of aryl methyl sites for hydroxylation is 1. The maximum absolute atomic E-state index is 9.31. The third-order valence-corrected chi connectivity index (χ3v) is 3.14. The molecule has 0 saturated heterocycles. The molecule has 98 valence electrons. The number of nitrogens with two attached hydrogens (primary N) is 2. The highest BCUT2D eigenvalue weighted by Gasteiger charge is 2.20. The summed E-state index contributed by atoms with van der Waals surface area (Å²) in [7, 11) is 0. The average Bonchev–Trinajstić information content (AvgIpc) is 2.46. The second kappa shape index (κ2) is 5.29. The van der Waals surface area contributed by atoms with Crippen molar-refractivity contribution in [3.8, 4) is 23.3 Å². The van der Waals surface area contributed by atoms with E-state index >= 15 is 0 Å². The zero-order valence-electron chi connectivity index (χ0n) is 11.0. The Kier molecular flexibility index (Phi) is 3.54. The average molecular weight is 263 g/mol. The number of nitriles is 2. The smallest absolute Gasteiger partial charge is 0.144 e. The van der Waals surface area contributed by atoms with Crippen molar-refractivity contribution >= 4 is 11.6 Å². The molecular formula is C15H13N5. The lowest BCUT2D eigenvalue weighted by Crippen LogP contribution is -2.06. The number of nitrogens with zero attached hydrogens (tertiary/aromatic N) is 3. The van der Waals surface area contributed by atoms with Crippen molar-refractivity contribution in [2.45, 2.75) is 13.3 Å². The van der Waals surface area contributed by atoms with Crippen LogP contribution in [-0.2, 0) is 6.42 Å². The zero-order chi connectivity index (χ0) is 14.7. The number of rotatable bonds is 2. The van der Waals surface area contributed by atoms with Gasteiger partial charge in [0.1, 0.15) is 34.9 Å². The minimum Gasteiger partial charge on any atom is -0.383 e. The number of hydrogen-bond acceptors (Lipinski definition) is 5. The molecule has 0 unspecified atom stereocenters. The van der Waals surface area contributed by atoms with Crippen molar-refractivity contribution in [2.24, 2.45) is 0 Å². The SMILES string of the molecule is CCc1ccccc1-c1c(C#N)c(N)nc(N)c1C#N.